The van der Waals surface area contributed by atoms with Gasteiger partial charge in [-0.05, 0) is 44.4 Å². The summed E-state index contributed by atoms with van der Waals surface area (Å²) in [7, 11) is 0. The van der Waals surface area contributed by atoms with Crippen LogP contribution in [-0.2, 0) is 16.1 Å². The molecular weight excluding hydrogens is 422 g/mol. The Hall–Kier alpha value is -3.75. The molecule has 1 aliphatic rings. The Labute approximate surface area is 190 Å². The van der Waals surface area contributed by atoms with Crippen LogP contribution in [0, 0.1) is 18.3 Å². The Morgan fingerprint density at radius 1 is 1.30 bits per heavy atom. The Morgan fingerprint density at radius 2 is 2.03 bits per heavy atom. The lowest BCUT2D eigenvalue weighted by Gasteiger charge is -2.31. The van der Waals surface area contributed by atoms with Gasteiger partial charge in [-0.25, -0.2) is 4.98 Å². The SMILES string of the molecule is C=CCn1c(=N)c(C(=O)N2CCC(C(=O)OCC)CC2)cc2c(=O)n3cccc(C)c3nc21. The minimum atomic E-state index is -0.337. The number of nitrogens with one attached hydrogen (secondary N) is 1. The number of ether oxygens (including phenoxy) is 1. The number of likely N-dealkylation sites (tertiary alicyclic amines) is 1. The number of esters is 1. The van der Waals surface area contributed by atoms with Crippen LogP contribution in [0.2, 0.25) is 0 Å². The number of fused-ring (bicyclic) bond motifs is 2. The van der Waals surface area contributed by atoms with Gasteiger partial charge in [-0.15, -0.1) is 6.58 Å². The van der Waals surface area contributed by atoms with E-state index in [4.69, 9.17) is 10.1 Å². The predicted molar refractivity (Wildman–Crippen MR) is 123 cm³/mol. The number of carbonyl (C=O) groups is 2. The molecule has 1 N–H and O–H groups in total. The lowest BCUT2D eigenvalue weighted by Crippen LogP contribution is -2.43. The third kappa shape index (κ3) is 3.94. The van der Waals surface area contributed by atoms with E-state index in [-0.39, 0.29) is 46.3 Å². The average Bonchev–Trinajstić information content (AvgIpc) is 2.81. The lowest BCUT2D eigenvalue weighted by atomic mass is 9.96. The van der Waals surface area contributed by atoms with Crippen molar-refractivity contribution in [2.24, 2.45) is 5.92 Å². The number of aryl methyl sites for hydroxylation is 1. The Kier molecular flexibility index (Phi) is 6.13. The number of allylic oxidation sites excluding steroid dienone is 1. The largest absolute Gasteiger partial charge is 0.466 e. The summed E-state index contributed by atoms with van der Waals surface area (Å²) in [5.74, 6) is -0.799. The lowest BCUT2D eigenvalue weighted by molar-refractivity contribution is -0.149. The topological polar surface area (TPSA) is 110 Å². The number of amides is 1. The molecule has 9 heteroatoms. The van der Waals surface area contributed by atoms with E-state index >= 15 is 0 Å². The summed E-state index contributed by atoms with van der Waals surface area (Å²) in [4.78, 5) is 45.0. The molecule has 1 fully saturated rings. The highest BCUT2D eigenvalue weighted by Crippen LogP contribution is 2.21. The maximum Gasteiger partial charge on any atom is 0.309 e. The molecule has 0 radical (unpaired) electrons. The number of carbonyl (C=O) groups excluding carboxylic acids is 2. The Morgan fingerprint density at radius 3 is 2.70 bits per heavy atom. The molecule has 9 nitrogen and oxygen atoms in total. The summed E-state index contributed by atoms with van der Waals surface area (Å²) in [6, 6.07) is 5.11. The second-order valence-electron chi connectivity index (χ2n) is 8.16. The van der Waals surface area contributed by atoms with Gasteiger partial charge in [-0.2, -0.15) is 0 Å². The van der Waals surface area contributed by atoms with Crippen molar-refractivity contribution >= 4 is 28.6 Å². The molecule has 0 aliphatic carbocycles. The van der Waals surface area contributed by atoms with Crippen molar-refractivity contribution in [2.75, 3.05) is 19.7 Å². The van der Waals surface area contributed by atoms with Gasteiger partial charge in [-0.1, -0.05) is 12.1 Å². The van der Waals surface area contributed by atoms with Crippen LogP contribution in [0.3, 0.4) is 0 Å². The fraction of sp³-hybridized carbons (Fsp3) is 0.375. The molecule has 3 aromatic rings. The van der Waals surface area contributed by atoms with Gasteiger partial charge in [0.15, 0.2) is 0 Å². The molecule has 0 spiro atoms. The highest BCUT2D eigenvalue weighted by molar-refractivity contribution is 5.97. The van der Waals surface area contributed by atoms with Crippen LogP contribution in [-0.4, -0.2) is 50.4 Å². The first kappa shape index (κ1) is 22.4. The summed E-state index contributed by atoms with van der Waals surface area (Å²) in [5, 5.41) is 8.99. The first-order valence-electron chi connectivity index (χ1n) is 11.0. The van der Waals surface area contributed by atoms with Crippen LogP contribution < -0.4 is 11.0 Å². The first-order valence-corrected chi connectivity index (χ1v) is 11.0. The van der Waals surface area contributed by atoms with E-state index in [0.717, 1.165) is 5.56 Å². The van der Waals surface area contributed by atoms with E-state index in [9.17, 15) is 14.4 Å². The maximum atomic E-state index is 13.4. The third-order valence-corrected chi connectivity index (χ3v) is 6.08. The van der Waals surface area contributed by atoms with Crippen molar-refractivity contribution in [2.45, 2.75) is 33.2 Å². The molecule has 33 heavy (non-hydrogen) atoms. The van der Waals surface area contributed by atoms with E-state index in [0.29, 0.717) is 43.8 Å². The first-order chi connectivity index (χ1) is 15.9. The summed E-state index contributed by atoms with van der Waals surface area (Å²) in [6.45, 7) is 8.72. The molecule has 172 valence electrons. The number of hydrogen-bond acceptors (Lipinski definition) is 6. The molecule has 0 bridgehead atoms. The third-order valence-electron chi connectivity index (χ3n) is 6.08. The number of rotatable bonds is 5. The zero-order valence-electron chi connectivity index (χ0n) is 18.8. The Balaban J connectivity index is 1.79. The molecule has 0 saturated carbocycles. The Bertz CT molecular complexity index is 1380. The molecular formula is C24H27N5O4. The van der Waals surface area contributed by atoms with Crippen molar-refractivity contribution in [3.05, 3.63) is 64.0 Å². The fourth-order valence-corrected chi connectivity index (χ4v) is 4.32. The number of nitrogens with zero attached hydrogens (tertiary/aromatic N) is 4. The van der Waals surface area contributed by atoms with Crippen molar-refractivity contribution in [3.63, 3.8) is 0 Å². The average molecular weight is 450 g/mol. The van der Waals surface area contributed by atoms with Crippen LogP contribution in [0.15, 0.2) is 41.8 Å². The second-order valence-corrected chi connectivity index (χ2v) is 8.16. The summed E-state index contributed by atoms with van der Waals surface area (Å²) >= 11 is 0. The van der Waals surface area contributed by atoms with Crippen molar-refractivity contribution < 1.29 is 14.3 Å². The van der Waals surface area contributed by atoms with E-state index in [2.05, 4.69) is 11.6 Å². The smallest absolute Gasteiger partial charge is 0.309 e. The minimum absolute atomic E-state index is 0.0234. The highest BCUT2D eigenvalue weighted by atomic mass is 16.5. The van der Waals surface area contributed by atoms with Gasteiger partial charge in [-0.3, -0.25) is 24.2 Å². The monoisotopic (exact) mass is 449 g/mol. The molecule has 0 atom stereocenters. The van der Waals surface area contributed by atoms with Crippen molar-refractivity contribution in [1.82, 2.24) is 18.9 Å². The molecule has 1 amide bonds. The van der Waals surface area contributed by atoms with Crippen LogP contribution in [0.5, 0.6) is 0 Å². The van der Waals surface area contributed by atoms with Gasteiger partial charge in [0.2, 0.25) is 0 Å². The zero-order chi connectivity index (χ0) is 23.7. The molecule has 4 heterocycles. The number of hydrogen-bond donors (Lipinski definition) is 1. The normalized spacial score (nSPS) is 14.5. The van der Waals surface area contributed by atoms with E-state index in [1.165, 1.54) is 15.0 Å². The van der Waals surface area contributed by atoms with E-state index < -0.39 is 0 Å². The quantitative estimate of drug-likeness (QED) is 0.364. The van der Waals surface area contributed by atoms with E-state index in [1.807, 2.05) is 13.0 Å². The fourth-order valence-electron chi connectivity index (χ4n) is 4.32. The van der Waals surface area contributed by atoms with Crippen LogP contribution in [0.4, 0.5) is 0 Å². The number of aromatic nitrogens is 3. The molecule has 0 unspecified atom stereocenters. The summed E-state index contributed by atoms with van der Waals surface area (Å²) in [5.41, 5.74) is 1.49. The maximum absolute atomic E-state index is 13.4. The van der Waals surface area contributed by atoms with Crippen molar-refractivity contribution in [3.8, 4) is 0 Å². The minimum Gasteiger partial charge on any atom is -0.466 e. The molecule has 4 rings (SSSR count). The molecule has 3 aromatic heterocycles. The van der Waals surface area contributed by atoms with Gasteiger partial charge in [0.05, 0.1) is 23.5 Å². The van der Waals surface area contributed by atoms with Crippen LogP contribution in [0.1, 0.15) is 35.7 Å². The van der Waals surface area contributed by atoms with Gasteiger partial charge >= 0.3 is 5.97 Å². The molecule has 0 aromatic carbocycles. The van der Waals surface area contributed by atoms with Crippen LogP contribution in [0.25, 0.3) is 16.7 Å². The van der Waals surface area contributed by atoms with Crippen molar-refractivity contribution in [1.29, 1.82) is 5.41 Å². The van der Waals surface area contributed by atoms with Gasteiger partial charge < -0.3 is 14.2 Å². The van der Waals surface area contributed by atoms with Gasteiger partial charge in [0, 0.05) is 25.8 Å². The van der Waals surface area contributed by atoms with Crippen LogP contribution >= 0.6 is 0 Å². The molecule has 1 saturated heterocycles. The second kappa shape index (κ2) is 9.01. The predicted octanol–water partition coefficient (Wildman–Crippen LogP) is 2.04. The number of pyridine rings is 2. The van der Waals surface area contributed by atoms with E-state index in [1.54, 1.807) is 30.2 Å². The van der Waals surface area contributed by atoms with Gasteiger partial charge in [0.25, 0.3) is 11.5 Å². The summed E-state index contributed by atoms with van der Waals surface area (Å²) in [6.07, 6.45) is 4.27. The highest BCUT2D eigenvalue weighted by Gasteiger charge is 2.30. The zero-order valence-corrected chi connectivity index (χ0v) is 18.8. The molecule has 1 aliphatic heterocycles. The number of piperidine rings is 1. The standard InChI is InChI=1S/C24H27N5O4/c1-4-10-28-19(25)17(22(30)27-12-8-16(9-13-27)24(32)33-5-2)14-18-21(28)26-20-15(3)7-6-11-29(20)23(18)31/h4,6-7,11,14,16,25H,1,5,8-10,12-13H2,2-3H3. The summed E-state index contributed by atoms with van der Waals surface area (Å²) < 4.78 is 8.09. The van der Waals surface area contributed by atoms with Gasteiger partial charge in [0.1, 0.15) is 16.8 Å².